The maximum Gasteiger partial charge on any atom is 0.387 e. The van der Waals surface area contributed by atoms with Crippen molar-refractivity contribution in [2.45, 2.75) is 32.5 Å². The molecule has 0 aromatic heterocycles. The lowest BCUT2D eigenvalue weighted by molar-refractivity contribution is -0.0512. The summed E-state index contributed by atoms with van der Waals surface area (Å²) in [6.07, 6.45) is -0.00836. The van der Waals surface area contributed by atoms with Gasteiger partial charge in [0.05, 0.1) is 7.11 Å². The van der Waals surface area contributed by atoms with Crippen molar-refractivity contribution in [2.75, 3.05) is 14.2 Å². The maximum absolute atomic E-state index is 13.7. The Morgan fingerprint density at radius 3 is 2.38 bits per heavy atom. The van der Waals surface area contributed by atoms with E-state index in [1.54, 1.807) is 6.92 Å². The first kappa shape index (κ1) is 22.3. The number of ether oxygens (including phenoxy) is 2. The molecule has 1 N–H and O–H groups in total. The number of nitrogens with one attached hydrogen (secondary N) is 1. The topological polar surface area (TPSA) is 50.8 Å². The van der Waals surface area contributed by atoms with Crippen LogP contribution in [0.2, 0.25) is 0 Å². The van der Waals surface area contributed by atoms with Crippen LogP contribution in [0.15, 0.2) is 36.4 Å². The van der Waals surface area contributed by atoms with Gasteiger partial charge in [0, 0.05) is 25.2 Å². The fourth-order valence-electron chi connectivity index (χ4n) is 2.75. The second kappa shape index (κ2) is 9.99. The summed E-state index contributed by atoms with van der Waals surface area (Å²) in [4.78, 5) is 13.7. The molecule has 0 spiro atoms. The van der Waals surface area contributed by atoms with Crippen molar-refractivity contribution in [3.05, 3.63) is 59.2 Å². The molecule has 0 aliphatic carbocycles. The second-order valence-electron chi connectivity index (χ2n) is 6.47. The van der Waals surface area contributed by atoms with Gasteiger partial charge in [-0.15, -0.1) is 0 Å². The van der Waals surface area contributed by atoms with Gasteiger partial charge in [-0.2, -0.15) is 8.78 Å². The van der Waals surface area contributed by atoms with Gasteiger partial charge in [-0.1, -0.05) is 12.1 Å². The van der Waals surface area contributed by atoms with Crippen LogP contribution in [0.1, 0.15) is 18.1 Å². The van der Waals surface area contributed by atoms with Crippen molar-refractivity contribution in [1.82, 2.24) is 10.2 Å². The number of hydrogen-bond acceptors (Lipinski definition) is 3. The normalized spacial score (nSPS) is 11.9. The first-order valence-electron chi connectivity index (χ1n) is 8.77. The average Bonchev–Trinajstić information content (AvgIpc) is 2.65. The van der Waals surface area contributed by atoms with Gasteiger partial charge >= 0.3 is 12.6 Å². The average molecular weight is 414 g/mol. The molecular formula is C20H22F4N2O3. The Balaban J connectivity index is 1.98. The molecule has 2 rings (SSSR count). The highest BCUT2D eigenvalue weighted by atomic mass is 19.3. The number of rotatable bonds is 8. The highest BCUT2D eigenvalue weighted by Gasteiger charge is 2.17. The van der Waals surface area contributed by atoms with Crippen molar-refractivity contribution in [1.29, 1.82) is 0 Å². The van der Waals surface area contributed by atoms with E-state index >= 15 is 0 Å². The van der Waals surface area contributed by atoms with Gasteiger partial charge in [0.15, 0.2) is 11.5 Å². The van der Waals surface area contributed by atoms with Crippen molar-refractivity contribution in [3.8, 4) is 11.5 Å². The number of nitrogens with zero attached hydrogens (tertiary/aromatic N) is 1. The summed E-state index contributed by atoms with van der Waals surface area (Å²) < 4.78 is 61.7. The molecule has 5 nitrogen and oxygen atoms in total. The Hall–Kier alpha value is -2.97. The fraction of sp³-hybridized carbons (Fsp3) is 0.350. The highest BCUT2D eigenvalue weighted by molar-refractivity contribution is 5.74. The molecule has 0 saturated carbocycles. The van der Waals surface area contributed by atoms with Gasteiger partial charge in [0.25, 0.3) is 0 Å². The molecule has 2 amide bonds. The molecule has 0 aliphatic rings. The number of halogens is 4. The summed E-state index contributed by atoms with van der Waals surface area (Å²) >= 11 is 0. The minimum Gasteiger partial charge on any atom is -0.493 e. The van der Waals surface area contributed by atoms with E-state index in [9.17, 15) is 22.4 Å². The summed E-state index contributed by atoms with van der Waals surface area (Å²) in [7, 11) is 2.85. The number of carbonyl (C=O) groups excluding carboxylic acids is 1. The molecule has 2 aromatic carbocycles. The molecule has 9 heteroatoms. The third-order valence-corrected chi connectivity index (χ3v) is 4.15. The standard InChI is InChI=1S/C20H22F4N2O3/c1-12(9-14-15(21)5-4-6-16(14)22)25-20(27)26(2)11-13-7-8-17(29-19(23)24)18(10-13)28-3/h4-8,10,12,19H,9,11H2,1-3H3,(H,25,27). The van der Waals surface area contributed by atoms with Gasteiger partial charge in [0.2, 0.25) is 0 Å². The van der Waals surface area contributed by atoms with Crippen LogP contribution in [-0.2, 0) is 13.0 Å². The Bertz CT molecular complexity index is 828. The Labute approximate surface area is 166 Å². The van der Waals surface area contributed by atoms with Crippen LogP contribution in [0.25, 0.3) is 0 Å². The van der Waals surface area contributed by atoms with Crippen LogP contribution >= 0.6 is 0 Å². The largest absolute Gasteiger partial charge is 0.493 e. The van der Waals surface area contributed by atoms with Gasteiger partial charge in [0.1, 0.15) is 11.6 Å². The van der Waals surface area contributed by atoms with Gasteiger partial charge in [-0.05, 0) is 43.2 Å². The Morgan fingerprint density at radius 2 is 1.79 bits per heavy atom. The fourth-order valence-corrected chi connectivity index (χ4v) is 2.75. The summed E-state index contributed by atoms with van der Waals surface area (Å²) in [6.45, 7) is -1.20. The smallest absolute Gasteiger partial charge is 0.387 e. The van der Waals surface area contributed by atoms with Crippen LogP contribution in [0, 0.1) is 11.6 Å². The quantitative estimate of drug-likeness (QED) is 0.654. The molecule has 2 aromatic rings. The number of methoxy groups -OCH3 is 1. The van der Waals surface area contributed by atoms with E-state index in [1.165, 1.54) is 43.3 Å². The summed E-state index contributed by atoms with van der Waals surface area (Å²) in [5.74, 6) is -1.34. The first-order valence-corrected chi connectivity index (χ1v) is 8.77. The SMILES string of the molecule is COc1cc(CN(C)C(=O)NC(C)Cc2c(F)cccc2F)ccc1OC(F)F. The van der Waals surface area contributed by atoms with Crippen LogP contribution in [0.3, 0.4) is 0 Å². The third-order valence-electron chi connectivity index (χ3n) is 4.15. The summed E-state index contributed by atoms with van der Waals surface area (Å²) in [5, 5.41) is 2.67. The Kier molecular flexibility index (Phi) is 7.69. The molecule has 0 heterocycles. The minimum absolute atomic E-state index is 0.00836. The van der Waals surface area contributed by atoms with Crippen LogP contribution in [0.5, 0.6) is 11.5 Å². The predicted octanol–water partition coefficient (Wildman–Crippen LogP) is 4.35. The molecule has 1 unspecified atom stereocenters. The summed E-state index contributed by atoms with van der Waals surface area (Å²) in [5.41, 5.74) is 0.524. The molecule has 0 saturated heterocycles. The molecule has 1 atom stereocenters. The molecule has 158 valence electrons. The minimum atomic E-state index is -2.98. The zero-order valence-electron chi connectivity index (χ0n) is 16.2. The monoisotopic (exact) mass is 414 g/mol. The lowest BCUT2D eigenvalue weighted by Gasteiger charge is -2.22. The molecule has 29 heavy (non-hydrogen) atoms. The van der Waals surface area contributed by atoms with Gasteiger partial charge in [-0.3, -0.25) is 0 Å². The zero-order chi connectivity index (χ0) is 21.6. The zero-order valence-corrected chi connectivity index (χ0v) is 16.2. The van der Waals surface area contributed by atoms with Crippen molar-refractivity contribution in [3.63, 3.8) is 0 Å². The first-order chi connectivity index (χ1) is 13.7. The maximum atomic E-state index is 13.7. The number of benzene rings is 2. The number of urea groups is 1. The molecule has 0 bridgehead atoms. The Morgan fingerprint density at radius 1 is 1.14 bits per heavy atom. The highest BCUT2D eigenvalue weighted by Crippen LogP contribution is 2.29. The predicted molar refractivity (Wildman–Crippen MR) is 99.1 cm³/mol. The van der Waals surface area contributed by atoms with E-state index in [2.05, 4.69) is 10.1 Å². The van der Waals surface area contributed by atoms with Gasteiger partial charge in [-0.25, -0.2) is 13.6 Å². The molecular weight excluding hydrogens is 392 g/mol. The van der Waals surface area contributed by atoms with Crippen LogP contribution < -0.4 is 14.8 Å². The van der Waals surface area contributed by atoms with Gasteiger partial charge < -0.3 is 19.7 Å². The van der Waals surface area contributed by atoms with E-state index in [-0.39, 0.29) is 30.0 Å². The van der Waals surface area contributed by atoms with E-state index in [0.717, 1.165) is 12.1 Å². The molecule has 0 fully saturated rings. The van der Waals surface area contributed by atoms with E-state index < -0.39 is 30.3 Å². The lowest BCUT2D eigenvalue weighted by atomic mass is 10.1. The lowest BCUT2D eigenvalue weighted by Crippen LogP contribution is -2.42. The van der Waals surface area contributed by atoms with Crippen molar-refractivity contribution in [2.24, 2.45) is 0 Å². The van der Waals surface area contributed by atoms with E-state index in [1.807, 2.05) is 0 Å². The van der Waals surface area contributed by atoms with E-state index in [4.69, 9.17) is 4.74 Å². The van der Waals surface area contributed by atoms with Crippen molar-refractivity contribution < 1.29 is 31.8 Å². The summed E-state index contributed by atoms with van der Waals surface area (Å²) in [6, 6.07) is 6.96. The van der Waals surface area contributed by atoms with Crippen molar-refractivity contribution >= 4 is 6.03 Å². The van der Waals surface area contributed by atoms with E-state index in [0.29, 0.717) is 5.56 Å². The third kappa shape index (κ3) is 6.27. The van der Waals surface area contributed by atoms with Crippen LogP contribution in [0.4, 0.5) is 22.4 Å². The number of alkyl halides is 2. The number of carbonyl (C=O) groups is 1. The number of hydrogen-bond donors (Lipinski definition) is 1. The number of amides is 2. The molecule has 0 radical (unpaired) electrons. The molecule has 0 aliphatic heterocycles. The van der Waals surface area contributed by atoms with Crippen LogP contribution in [-0.4, -0.2) is 37.7 Å². The second-order valence-corrected chi connectivity index (χ2v) is 6.47.